The summed E-state index contributed by atoms with van der Waals surface area (Å²) in [4.78, 5) is 17.4. The third kappa shape index (κ3) is 17.0. The summed E-state index contributed by atoms with van der Waals surface area (Å²) in [5.41, 5.74) is 9.57. The number of allylic oxidation sites excluding steroid dienone is 3. The second kappa shape index (κ2) is 31.3. The summed E-state index contributed by atoms with van der Waals surface area (Å²) in [6.07, 6.45) is 14.5. The number of esters is 1. The van der Waals surface area contributed by atoms with Crippen LogP contribution in [0.25, 0.3) is 11.8 Å². The maximum atomic E-state index is 12.8. The van der Waals surface area contributed by atoms with E-state index in [0.717, 1.165) is 107 Å². The number of likely N-dealkylation sites (N-methyl/N-ethyl adjacent to an activating group) is 1. The first-order valence-electron chi connectivity index (χ1n) is 25.9. The van der Waals surface area contributed by atoms with Crippen LogP contribution in [0.5, 0.6) is 46.0 Å². The number of hydrogen-bond acceptors (Lipinski definition) is 13. The zero-order chi connectivity index (χ0) is 54.2. The summed E-state index contributed by atoms with van der Waals surface area (Å²) in [5, 5.41) is 0. The van der Waals surface area contributed by atoms with E-state index >= 15 is 0 Å². The quantitative estimate of drug-likeness (QED) is 0.0145. The Morgan fingerprint density at radius 1 is 0.581 bits per heavy atom. The molecule has 0 saturated carbocycles. The van der Waals surface area contributed by atoms with E-state index in [1.807, 2.05) is 32.1 Å². The van der Waals surface area contributed by atoms with Crippen LogP contribution in [-0.2, 0) is 33.5 Å². The third-order valence-electron chi connectivity index (χ3n) is 13.3. The normalized spacial score (nSPS) is 11.9. The molecule has 0 saturated heterocycles. The predicted octanol–water partition coefficient (Wildman–Crippen LogP) is 12.6. The molecule has 0 aliphatic carbocycles. The molecule has 406 valence electrons. The van der Waals surface area contributed by atoms with E-state index in [-0.39, 0.29) is 12.0 Å². The summed E-state index contributed by atoms with van der Waals surface area (Å²) in [6, 6.07) is 16.6. The Labute approximate surface area is 443 Å². The molecule has 4 aromatic carbocycles. The Bertz CT molecular complexity index is 2430. The Morgan fingerprint density at radius 2 is 1.05 bits per heavy atom. The van der Waals surface area contributed by atoms with Crippen LogP contribution in [0.3, 0.4) is 0 Å². The molecule has 0 amide bonds. The van der Waals surface area contributed by atoms with Crippen LogP contribution in [0, 0.1) is 13.8 Å². The van der Waals surface area contributed by atoms with E-state index < -0.39 is 0 Å². The fourth-order valence-electron chi connectivity index (χ4n) is 9.21. The van der Waals surface area contributed by atoms with E-state index in [1.165, 1.54) is 16.7 Å². The number of aryl methyl sites for hydroxylation is 2. The monoisotopic (exact) mass is 1020 g/mol. The molecule has 4 aromatic rings. The molecule has 1 atom stereocenters. The van der Waals surface area contributed by atoms with Crippen molar-refractivity contribution in [1.82, 2.24) is 9.80 Å². The van der Waals surface area contributed by atoms with Gasteiger partial charge in [0.2, 0.25) is 0 Å². The molecular formula is C61H86N2O11. The first-order valence-corrected chi connectivity index (χ1v) is 25.9. The molecule has 0 aliphatic heterocycles. The average Bonchev–Trinajstić information content (AvgIpc) is 3.41. The zero-order valence-electron chi connectivity index (χ0n) is 47.1. The van der Waals surface area contributed by atoms with E-state index in [4.69, 9.17) is 47.4 Å². The summed E-state index contributed by atoms with van der Waals surface area (Å²) in [5.74, 6) is 6.37. The van der Waals surface area contributed by atoms with Crippen molar-refractivity contribution in [1.29, 1.82) is 0 Å². The van der Waals surface area contributed by atoms with Gasteiger partial charge in [0.15, 0.2) is 23.0 Å². The van der Waals surface area contributed by atoms with Gasteiger partial charge in [-0.1, -0.05) is 45.4 Å². The van der Waals surface area contributed by atoms with Gasteiger partial charge in [-0.2, -0.15) is 0 Å². The summed E-state index contributed by atoms with van der Waals surface area (Å²) < 4.78 is 57.7. The summed E-state index contributed by atoms with van der Waals surface area (Å²) >= 11 is 0. The van der Waals surface area contributed by atoms with Gasteiger partial charge in [0.1, 0.15) is 23.0 Å². The highest BCUT2D eigenvalue weighted by Crippen LogP contribution is 2.40. The third-order valence-corrected chi connectivity index (χ3v) is 13.3. The van der Waals surface area contributed by atoms with Crippen molar-refractivity contribution in [3.05, 3.63) is 118 Å². The van der Waals surface area contributed by atoms with Gasteiger partial charge in [0.05, 0.1) is 75.9 Å². The molecule has 0 fully saturated rings. The number of methoxy groups -OCH3 is 8. The van der Waals surface area contributed by atoms with E-state index in [0.29, 0.717) is 74.9 Å². The van der Waals surface area contributed by atoms with Crippen molar-refractivity contribution in [2.75, 3.05) is 97.3 Å². The second-order valence-corrected chi connectivity index (χ2v) is 18.5. The maximum absolute atomic E-state index is 12.8. The van der Waals surface area contributed by atoms with Crippen molar-refractivity contribution in [2.24, 2.45) is 0 Å². The lowest BCUT2D eigenvalue weighted by Gasteiger charge is -2.31. The van der Waals surface area contributed by atoms with Crippen LogP contribution in [0.1, 0.15) is 116 Å². The molecule has 13 heteroatoms. The topological polar surface area (TPSA) is 116 Å². The van der Waals surface area contributed by atoms with Crippen LogP contribution < -0.4 is 37.9 Å². The van der Waals surface area contributed by atoms with Gasteiger partial charge in [-0.3, -0.25) is 9.69 Å². The van der Waals surface area contributed by atoms with Gasteiger partial charge in [0, 0.05) is 61.4 Å². The largest absolute Gasteiger partial charge is 0.498 e. The number of rotatable bonds is 34. The predicted molar refractivity (Wildman–Crippen MR) is 298 cm³/mol. The molecular weight excluding hydrogens is 937 g/mol. The summed E-state index contributed by atoms with van der Waals surface area (Å²) in [7, 11) is 17.6. The molecule has 0 radical (unpaired) electrons. The standard InChI is InChI=1S/C61H86N2O11/c1-16-24-47-38-57(69-12)59(71-14)40-49(47)51(32-45-34-53(65-8)43(4)54(35-45)66-9)62(6)28-22-30-73-42(3)26-20-18-19-21-27-61(64)74-31-23-29-63(7)52(33-46-36-55(67-10)44(5)56(37-46)68-11)50-41-60(72-15)58(70-13)39-48(50)25-17-2/h18-19,32,34-41,52H,3,16-17,20-31,33H2,1-2,4-15H3/b19-18+,51-32-/t52-/m1/s1. The highest BCUT2D eigenvalue weighted by molar-refractivity contribution is 5.83. The molecule has 0 N–H and O–H groups in total. The van der Waals surface area contributed by atoms with Crippen molar-refractivity contribution >= 4 is 17.7 Å². The first kappa shape index (κ1) is 60.1. The summed E-state index contributed by atoms with van der Waals surface area (Å²) in [6.45, 7) is 14.8. The lowest BCUT2D eigenvalue weighted by molar-refractivity contribution is -0.143. The van der Waals surface area contributed by atoms with Crippen molar-refractivity contribution < 1.29 is 52.2 Å². The zero-order valence-corrected chi connectivity index (χ0v) is 47.1. The molecule has 0 spiro atoms. The number of carbonyl (C=O) groups excluding carboxylic acids is 1. The van der Waals surface area contributed by atoms with Gasteiger partial charge in [-0.25, -0.2) is 0 Å². The van der Waals surface area contributed by atoms with Crippen LogP contribution in [0.2, 0.25) is 0 Å². The molecule has 0 unspecified atom stereocenters. The van der Waals surface area contributed by atoms with Crippen LogP contribution in [0.15, 0.2) is 73.0 Å². The number of ether oxygens (including phenoxy) is 10. The SMILES string of the molecule is C=C(CC/C=C/CCC(=O)OCCCN(C)[C@H](Cc1cc(OC)c(C)c(OC)c1)c1cc(OC)c(OC)cc1CCC)OCCCN(C)/C(=C\c1cc(OC)c(C)c(OC)c1)c1cc(OC)c(OC)cc1CCC. The van der Waals surface area contributed by atoms with Crippen molar-refractivity contribution in [2.45, 2.75) is 104 Å². The van der Waals surface area contributed by atoms with Crippen molar-refractivity contribution in [3.63, 3.8) is 0 Å². The van der Waals surface area contributed by atoms with Gasteiger partial charge < -0.3 is 52.3 Å². The Kier molecular flexibility index (Phi) is 25.4. The lowest BCUT2D eigenvalue weighted by Crippen LogP contribution is -2.29. The molecule has 0 aromatic heterocycles. The second-order valence-electron chi connectivity index (χ2n) is 18.5. The van der Waals surface area contributed by atoms with Gasteiger partial charge >= 0.3 is 5.97 Å². The minimum absolute atomic E-state index is 0.0189. The van der Waals surface area contributed by atoms with E-state index in [1.54, 1.807) is 56.9 Å². The molecule has 13 nitrogen and oxygen atoms in total. The van der Waals surface area contributed by atoms with E-state index in [9.17, 15) is 4.79 Å². The molecule has 4 rings (SSSR count). The number of nitrogens with zero attached hydrogens (tertiary/aromatic N) is 2. The van der Waals surface area contributed by atoms with E-state index in [2.05, 4.69) is 92.9 Å². The minimum atomic E-state index is -0.209. The highest BCUT2D eigenvalue weighted by Gasteiger charge is 2.25. The average molecular weight is 1020 g/mol. The van der Waals surface area contributed by atoms with Crippen LogP contribution in [0.4, 0.5) is 0 Å². The minimum Gasteiger partial charge on any atom is -0.498 e. The van der Waals surface area contributed by atoms with Crippen LogP contribution >= 0.6 is 0 Å². The maximum Gasteiger partial charge on any atom is 0.306 e. The fourth-order valence-corrected chi connectivity index (χ4v) is 9.21. The number of hydrogen-bond donors (Lipinski definition) is 0. The number of benzene rings is 4. The Hall–Kier alpha value is -6.47. The molecule has 0 aliphatic rings. The molecule has 0 bridgehead atoms. The van der Waals surface area contributed by atoms with Gasteiger partial charge in [-0.15, -0.1) is 0 Å². The number of carbonyl (C=O) groups is 1. The molecule has 74 heavy (non-hydrogen) atoms. The Balaban J connectivity index is 1.28. The van der Waals surface area contributed by atoms with Gasteiger partial charge in [0.25, 0.3) is 0 Å². The Morgan fingerprint density at radius 3 is 1.61 bits per heavy atom. The molecule has 0 heterocycles. The van der Waals surface area contributed by atoms with Crippen LogP contribution in [-0.4, -0.2) is 113 Å². The van der Waals surface area contributed by atoms with Gasteiger partial charge in [-0.05, 0) is 148 Å². The first-order chi connectivity index (χ1) is 35.7. The fraction of sp³-hybridized carbons (Fsp3) is 0.492. The van der Waals surface area contributed by atoms with Crippen molar-refractivity contribution in [3.8, 4) is 46.0 Å². The smallest absolute Gasteiger partial charge is 0.306 e. The lowest BCUT2D eigenvalue weighted by atomic mass is 9.90. The highest BCUT2D eigenvalue weighted by atomic mass is 16.5.